The van der Waals surface area contributed by atoms with Crippen LogP contribution in [-0.2, 0) is 54.5 Å². The van der Waals surface area contributed by atoms with Crippen molar-refractivity contribution in [3.05, 3.63) is 297 Å². The van der Waals surface area contributed by atoms with E-state index in [1.807, 2.05) is 13.0 Å². The molecule has 15 heterocycles. The summed E-state index contributed by atoms with van der Waals surface area (Å²) in [6.45, 7) is 36.9. The van der Waals surface area contributed by atoms with Crippen LogP contribution in [-0.4, -0.2) is 24.9 Å². The Hall–Kier alpha value is -13.4. The lowest BCUT2D eigenvalue weighted by molar-refractivity contribution is -0.661. The van der Waals surface area contributed by atoms with Crippen LogP contribution in [0.5, 0.6) is 0 Å². The van der Waals surface area contributed by atoms with Gasteiger partial charge in [0, 0.05) is 152 Å². The number of benzene rings is 5. The van der Waals surface area contributed by atoms with E-state index >= 15 is 0 Å². The van der Waals surface area contributed by atoms with Crippen molar-refractivity contribution in [1.82, 2.24) is 24.9 Å². The van der Waals surface area contributed by atoms with E-state index in [1.165, 1.54) is 147 Å². The lowest BCUT2D eigenvalue weighted by Crippen LogP contribution is -2.31. The maximum Gasteiger partial charge on any atom is 0.227 e. The molecule has 0 radical (unpaired) electrons. The van der Waals surface area contributed by atoms with Crippen LogP contribution in [0.25, 0.3) is 167 Å². The second-order valence-corrected chi connectivity index (χ2v) is 39.3. The van der Waals surface area contributed by atoms with Crippen LogP contribution in [0.3, 0.4) is 0 Å². The van der Waals surface area contributed by atoms with Crippen LogP contribution >= 0.6 is 0 Å². The third-order valence-electron chi connectivity index (χ3n) is 28.5. The summed E-state index contributed by atoms with van der Waals surface area (Å²) in [4.78, 5) is 23.9. The van der Waals surface area contributed by atoms with Gasteiger partial charge in [-0.05, 0) is 229 Å². The molecular formula is C120H131N10O5+5. The molecule has 5 aromatic carbocycles. The maximum absolute atomic E-state index is 6.44. The lowest BCUT2D eigenvalue weighted by atomic mass is 9.86. The highest BCUT2D eigenvalue weighted by molar-refractivity contribution is 6.13. The van der Waals surface area contributed by atoms with Crippen LogP contribution < -0.4 is 22.8 Å². The van der Waals surface area contributed by atoms with E-state index in [4.69, 9.17) is 37.0 Å². The zero-order valence-electron chi connectivity index (χ0n) is 83.2. The number of aryl methyl sites for hydroxylation is 14. The Morgan fingerprint density at radius 3 is 0.859 bits per heavy atom. The Morgan fingerprint density at radius 2 is 0.548 bits per heavy atom. The van der Waals surface area contributed by atoms with Gasteiger partial charge in [0.25, 0.3) is 0 Å². The molecule has 686 valence electrons. The smallest absolute Gasteiger partial charge is 0.227 e. The number of hydrogen-bond acceptors (Lipinski definition) is 10. The molecule has 0 N–H and O–H groups in total. The first-order chi connectivity index (χ1) is 65.1. The Balaban J connectivity index is 0.000000113. The van der Waals surface area contributed by atoms with Gasteiger partial charge in [-0.25, -0.2) is 47.8 Å². The molecule has 0 aliphatic heterocycles. The number of fused-ring (bicyclic) bond motifs is 15. The van der Waals surface area contributed by atoms with Crippen LogP contribution in [0.15, 0.2) is 235 Å². The highest BCUT2D eigenvalue weighted by atomic mass is 16.4. The van der Waals surface area contributed by atoms with E-state index in [2.05, 4.69) is 386 Å². The summed E-state index contributed by atoms with van der Waals surface area (Å²) in [6, 6.07) is 65.3. The first-order valence-corrected chi connectivity index (χ1v) is 49.2. The molecular weight excluding hydrogens is 1660 g/mol. The zero-order chi connectivity index (χ0) is 94.6. The van der Waals surface area contributed by atoms with Crippen molar-refractivity contribution >= 4 is 110 Å². The minimum atomic E-state index is 0.380. The molecule has 0 saturated heterocycles. The minimum Gasteiger partial charge on any atom is -0.437 e. The topological polar surface area (TPSA) is 150 Å². The van der Waals surface area contributed by atoms with E-state index in [0.29, 0.717) is 41.2 Å². The molecule has 2 aliphatic carbocycles. The molecule has 15 nitrogen and oxygen atoms in total. The Bertz CT molecular complexity index is 7910. The van der Waals surface area contributed by atoms with Crippen LogP contribution in [0.4, 0.5) is 0 Å². The quantitative estimate of drug-likeness (QED) is 0.0963. The fourth-order valence-electron chi connectivity index (χ4n) is 20.4. The first kappa shape index (κ1) is 92.1. The standard InChI is InChI=1S/C26H29N2O.C25H27N2O.C24H27N2O.C23H25N2O.C22H23N2O/c1-4-18-11-15-23(28(3)16-18)24-17(2)10-12-20-21-13-14-22(19-8-6-5-7-9-19)27-26(21)29-25(20)24;1-4-17-10-14-22(27(3)15-17)23-16(2)9-11-19-20-12-13-21(18-7-5-6-8-18)26-25(20)28-24(19)23;1-14(2)17-8-12-21(26(6)13-17)22-16(5)7-9-18-19-10-11-20(15(3)4)25-24(19)27-23(18)22;1-6-17-9-11-19-18-10-7-15(4)21(22(18)26-23(19)24-17)20-12-8-16(14(2)3)13-25(20)5;1-13(2)16-8-11-19(24(5)12-16)20-14(3)6-9-17-18-10-7-15(4)23-22(18)25-21(17)20/h10-16,19H,4-9H2,1-3H3;9-15,18H,4-8H2,1-3H3;7-15H,1-6H3;7-14H,6H2,1-5H3;6-13H,1-5H3/q5*+1. The fourth-order valence-corrected chi connectivity index (χ4v) is 20.4. The Morgan fingerprint density at radius 1 is 0.267 bits per heavy atom. The molecule has 0 unspecified atom stereocenters. The molecule has 0 atom stereocenters. The van der Waals surface area contributed by atoms with Gasteiger partial charge in [0.2, 0.25) is 57.0 Å². The summed E-state index contributed by atoms with van der Waals surface area (Å²) in [6.07, 6.45) is 25.7. The molecule has 0 amide bonds. The van der Waals surface area contributed by atoms with Gasteiger partial charge in [-0.1, -0.05) is 169 Å². The molecule has 20 aromatic rings. The Kier molecular flexibility index (Phi) is 26.3. The number of pyridine rings is 10. The number of rotatable bonds is 14. The number of aromatic nitrogens is 10. The maximum atomic E-state index is 6.44. The van der Waals surface area contributed by atoms with E-state index in [0.717, 1.165) is 175 Å². The zero-order valence-corrected chi connectivity index (χ0v) is 83.2. The van der Waals surface area contributed by atoms with Crippen molar-refractivity contribution in [2.45, 2.75) is 230 Å². The predicted octanol–water partition coefficient (Wildman–Crippen LogP) is 29.1. The molecule has 0 bridgehead atoms. The molecule has 22 rings (SSSR count). The Labute approximate surface area is 794 Å². The van der Waals surface area contributed by atoms with Crippen molar-refractivity contribution in [2.75, 3.05) is 0 Å². The van der Waals surface area contributed by atoms with Gasteiger partial charge >= 0.3 is 0 Å². The summed E-state index contributed by atoms with van der Waals surface area (Å²) >= 11 is 0. The monoisotopic (exact) mass is 1790 g/mol. The normalized spacial score (nSPS) is 13.3. The average molecular weight is 1790 g/mol. The number of nitrogens with zero attached hydrogens (tertiary/aromatic N) is 10. The van der Waals surface area contributed by atoms with Crippen LogP contribution in [0, 0.1) is 41.5 Å². The van der Waals surface area contributed by atoms with E-state index < -0.39 is 0 Å². The minimum absolute atomic E-state index is 0.380. The number of furan rings is 5. The van der Waals surface area contributed by atoms with Crippen molar-refractivity contribution in [2.24, 2.45) is 35.2 Å². The van der Waals surface area contributed by atoms with Crippen LogP contribution in [0.2, 0.25) is 0 Å². The molecule has 135 heavy (non-hydrogen) atoms. The van der Waals surface area contributed by atoms with E-state index in [9.17, 15) is 0 Å². The van der Waals surface area contributed by atoms with Crippen LogP contribution in [0.1, 0.15) is 254 Å². The fraction of sp³-hybridized carbons (Fsp3) is 0.333. The highest BCUT2D eigenvalue weighted by Gasteiger charge is 2.31. The molecule has 2 aliphatic rings. The summed E-state index contributed by atoms with van der Waals surface area (Å²) < 4.78 is 42.7. The predicted molar refractivity (Wildman–Crippen MR) is 551 cm³/mol. The number of hydrogen-bond donors (Lipinski definition) is 0. The van der Waals surface area contributed by atoms with Crippen molar-refractivity contribution < 1.29 is 44.9 Å². The highest BCUT2D eigenvalue weighted by Crippen LogP contribution is 2.45. The van der Waals surface area contributed by atoms with E-state index in [-0.39, 0.29) is 0 Å². The SMILES string of the molecule is CCc1ccc(-c2c(C)ccc3c2oc2nc(C4CCCC4)ccc23)[n+](C)c1.CCc1ccc(-c2c(C)ccc3c2oc2nc(C4CCCCC4)ccc23)[n+](C)c1.CCc1ccc2c(n1)oc1c(-c3ccc(C(C)C)c[n+]3C)c(C)ccc12.Cc1ccc2c(n1)oc1c(-c3ccc(C(C)C)c[n+]3C)c(C)ccc12.Cc1ccc2c(oc3nc(C(C)C)ccc32)c1-c1ccc(C(C)C)c[n+]1C. The lowest BCUT2D eigenvalue weighted by Gasteiger charge is -2.20. The second kappa shape index (κ2) is 38.5. The summed E-state index contributed by atoms with van der Waals surface area (Å²) in [5.41, 5.74) is 38.2. The van der Waals surface area contributed by atoms with Gasteiger partial charge < -0.3 is 22.1 Å². The molecule has 15 heteroatoms. The van der Waals surface area contributed by atoms with Gasteiger partial charge in [0.15, 0.2) is 58.9 Å². The van der Waals surface area contributed by atoms with Crippen molar-refractivity contribution in [1.29, 1.82) is 0 Å². The largest absolute Gasteiger partial charge is 0.437 e. The molecule has 0 spiro atoms. The summed E-state index contributed by atoms with van der Waals surface area (Å²) in [7, 11) is 10.6. The van der Waals surface area contributed by atoms with Crippen molar-refractivity contribution in [3.63, 3.8) is 0 Å². The molecule has 15 aromatic heterocycles. The van der Waals surface area contributed by atoms with Gasteiger partial charge in [-0.2, -0.15) is 0 Å². The van der Waals surface area contributed by atoms with E-state index in [1.54, 1.807) is 0 Å². The molecule has 2 saturated carbocycles. The first-order valence-electron chi connectivity index (χ1n) is 49.2. The van der Waals surface area contributed by atoms with Crippen molar-refractivity contribution in [3.8, 4) is 56.3 Å². The average Bonchev–Trinajstić information content (AvgIpc) is 1.63. The molecule has 2 fully saturated rings. The third kappa shape index (κ3) is 18.0. The van der Waals surface area contributed by atoms with Gasteiger partial charge in [-0.15, -0.1) is 0 Å². The summed E-state index contributed by atoms with van der Waals surface area (Å²) in [5.74, 6) is 3.09. The van der Waals surface area contributed by atoms with Gasteiger partial charge in [0.05, 0.1) is 27.8 Å². The second-order valence-electron chi connectivity index (χ2n) is 39.3. The summed E-state index contributed by atoms with van der Waals surface area (Å²) in [5, 5.41) is 11.2. The third-order valence-corrected chi connectivity index (χ3v) is 28.5. The van der Waals surface area contributed by atoms with Gasteiger partial charge in [-0.3, -0.25) is 0 Å². The van der Waals surface area contributed by atoms with Gasteiger partial charge in [0.1, 0.15) is 35.2 Å².